The van der Waals surface area contributed by atoms with Crippen molar-refractivity contribution >= 4 is 11.8 Å². The first-order valence-corrected chi connectivity index (χ1v) is 5.09. The number of methoxy groups -OCH3 is 1. The molecule has 1 aromatic carbocycles. The lowest BCUT2D eigenvalue weighted by Gasteiger charge is -2.37. The molecule has 1 aliphatic carbocycles. The topological polar surface area (TPSA) is 63.6 Å². The first-order valence-electron chi connectivity index (χ1n) is 5.09. The van der Waals surface area contributed by atoms with Crippen LogP contribution in [0, 0.1) is 5.82 Å². The molecule has 0 saturated heterocycles. The molecule has 0 unspecified atom stereocenters. The minimum absolute atomic E-state index is 0.0328. The highest BCUT2D eigenvalue weighted by Crippen LogP contribution is 2.46. The van der Waals surface area contributed by atoms with Crippen molar-refractivity contribution in [2.75, 3.05) is 7.11 Å². The minimum Gasteiger partial charge on any atom is -0.496 e. The van der Waals surface area contributed by atoms with E-state index in [0.29, 0.717) is 0 Å². The Hall–Kier alpha value is -1.91. The Bertz CT molecular complexity index is 487. The van der Waals surface area contributed by atoms with Gasteiger partial charge >= 0.3 is 5.97 Å². The SMILES string of the molecule is COc1cccc(F)c1C1(C(=O)O)CC(=O)C1. The summed E-state index contributed by atoms with van der Waals surface area (Å²) in [5.41, 5.74) is -1.50. The van der Waals surface area contributed by atoms with Crippen LogP contribution in [0.5, 0.6) is 5.75 Å². The number of rotatable bonds is 3. The molecule has 1 saturated carbocycles. The van der Waals surface area contributed by atoms with Crippen LogP contribution in [0.4, 0.5) is 4.39 Å². The Morgan fingerprint density at radius 3 is 2.59 bits per heavy atom. The second kappa shape index (κ2) is 3.84. The molecule has 90 valence electrons. The predicted molar refractivity (Wildman–Crippen MR) is 56.5 cm³/mol. The van der Waals surface area contributed by atoms with Crippen molar-refractivity contribution in [3.63, 3.8) is 0 Å². The van der Waals surface area contributed by atoms with Crippen LogP contribution in [0.3, 0.4) is 0 Å². The summed E-state index contributed by atoms with van der Waals surface area (Å²) in [5, 5.41) is 9.22. The maximum atomic E-state index is 13.8. The van der Waals surface area contributed by atoms with Gasteiger partial charge in [-0.05, 0) is 12.1 Å². The molecule has 0 spiro atoms. The quantitative estimate of drug-likeness (QED) is 0.867. The third-order valence-electron chi connectivity index (χ3n) is 3.08. The summed E-state index contributed by atoms with van der Waals surface area (Å²) in [4.78, 5) is 22.4. The number of ether oxygens (including phenoxy) is 1. The van der Waals surface area contributed by atoms with Crippen molar-refractivity contribution in [1.29, 1.82) is 0 Å². The summed E-state index contributed by atoms with van der Waals surface area (Å²) in [6.07, 6.45) is -0.362. The molecule has 0 aromatic heterocycles. The van der Waals surface area contributed by atoms with Gasteiger partial charge in [0.05, 0.1) is 7.11 Å². The first-order chi connectivity index (χ1) is 8.01. The predicted octanol–water partition coefficient (Wildman–Crippen LogP) is 1.52. The van der Waals surface area contributed by atoms with Crippen molar-refractivity contribution in [3.8, 4) is 5.75 Å². The van der Waals surface area contributed by atoms with E-state index in [4.69, 9.17) is 4.74 Å². The van der Waals surface area contributed by atoms with Gasteiger partial charge in [-0.2, -0.15) is 0 Å². The lowest BCUT2D eigenvalue weighted by Crippen LogP contribution is -2.49. The average Bonchev–Trinajstić information content (AvgIpc) is 2.24. The van der Waals surface area contributed by atoms with Crippen LogP contribution in [-0.4, -0.2) is 24.0 Å². The maximum Gasteiger partial charge on any atom is 0.315 e. The third-order valence-corrected chi connectivity index (χ3v) is 3.08. The van der Waals surface area contributed by atoms with E-state index in [2.05, 4.69) is 0 Å². The molecule has 1 fully saturated rings. The number of carbonyl (C=O) groups excluding carboxylic acids is 1. The van der Waals surface area contributed by atoms with Crippen LogP contribution < -0.4 is 4.74 Å². The van der Waals surface area contributed by atoms with Gasteiger partial charge in [0.1, 0.15) is 22.8 Å². The second-order valence-electron chi connectivity index (χ2n) is 4.10. The van der Waals surface area contributed by atoms with Gasteiger partial charge < -0.3 is 9.84 Å². The van der Waals surface area contributed by atoms with E-state index < -0.39 is 17.2 Å². The molecule has 0 amide bonds. The fourth-order valence-electron chi connectivity index (χ4n) is 2.20. The Balaban J connectivity index is 2.58. The molecule has 0 heterocycles. The van der Waals surface area contributed by atoms with E-state index in [9.17, 15) is 19.1 Å². The zero-order valence-corrected chi connectivity index (χ0v) is 9.20. The summed E-state index contributed by atoms with van der Waals surface area (Å²) in [5.74, 6) is -1.86. The van der Waals surface area contributed by atoms with E-state index in [0.717, 1.165) is 0 Å². The normalized spacial score (nSPS) is 17.4. The molecule has 1 aliphatic rings. The smallest absolute Gasteiger partial charge is 0.315 e. The first kappa shape index (κ1) is 11.6. The number of benzene rings is 1. The van der Waals surface area contributed by atoms with E-state index in [-0.39, 0.29) is 29.9 Å². The Morgan fingerprint density at radius 2 is 2.12 bits per heavy atom. The summed E-state index contributed by atoms with van der Waals surface area (Å²) in [7, 11) is 1.34. The molecule has 2 rings (SSSR count). The number of carboxylic acids is 1. The standard InChI is InChI=1S/C12H11FO4/c1-17-9-4-2-3-8(13)10(9)12(11(15)16)5-7(14)6-12/h2-4H,5-6H2,1H3,(H,15,16). The molecular weight excluding hydrogens is 227 g/mol. The van der Waals surface area contributed by atoms with Crippen LogP contribution in [0.1, 0.15) is 18.4 Å². The van der Waals surface area contributed by atoms with Crippen LogP contribution in [0.2, 0.25) is 0 Å². The lowest BCUT2D eigenvalue weighted by atomic mass is 9.63. The van der Waals surface area contributed by atoms with Crippen molar-refractivity contribution in [2.45, 2.75) is 18.3 Å². The van der Waals surface area contributed by atoms with Crippen molar-refractivity contribution in [2.24, 2.45) is 0 Å². The highest BCUT2D eigenvalue weighted by atomic mass is 19.1. The summed E-state index contributed by atoms with van der Waals surface area (Å²) in [6.45, 7) is 0. The maximum absolute atomic E-state index is 13.8. The molecule has 0 radical (unpaired) electrons. The van der Waals surface area contributed by atoms with Gasteiger partial charge in [-0.25, -0.2) is 4.39 Å². The van der Waals surface area contributed by atoms with E-state index in [1.165, 1.54) is 25.3 Å². The Kier molecular flexibility index (Phi) is 2.61. The van der Waals surface area contributed by atoms with Gasteiger partial charge in [0.15, 0.2) is 0 Å². The molecule has 4 nitrogen and oxygen atoms in total. The van der Waals surface area contributed by atoms with Gasteiger partial charge in [0.25, 0.3) is 0 Å². The van der Waals surface area contributed by atoms with Crippen LogP contribution in [0.15, 0.2) is 18.2 Å². The van der Waals surface area contributed by atoms with Gasteiger partial charge in [-0.1, -0.05) is 6.07 Å². The lowest BCUT2D eigenvalue weighted by molar-refractivity contribution is -0.153. The van der Waals surface area contributed by atoms with Crippen LogP contribution in [0.25, 0.3) is 0 Å². The second-order valence-corrected chi connectivity index (χ2v) is 4.10. The van der Waals surface area contributed by atoms with Crippen molar-refractivity contribution < 1.29 is 23.8 Å². The molecule has 1 aromatic rings. The monoisotopic (exact) mass is 238 g/mol. The van der Waals surface area contributed by atoms with Gasteiger partial charge in [-0.15, -0.1) is 0 Å². The Morgan fingerprint density at radius 1 is 1.47 bits per heavy atom. The van der Waals surface area contributed by atoms with Gasteiger partial charge in [0, 0.05) is 18.4 Å². The van der Waals surface area contributed by atoms with Crippen molar-refractivity contribution in [3.05, 3.63) is 29.6 Å². The molecule has 0 aliphatic heterocycles. The van der Waals surface area contributed by atoms with E-state index in [1.807, 2.05) is 0 Å². The molecule has 5 heteroatoms. The van der Waals surface area contributed by atoms with Crippen molar-refractivity contribution in [1.82, 2.24) is 0 Å². The largest absolute Gasteiger partial charge is 0.496 e. The molecule has 17 heavy (non-hydrogen) atoms. The highest BCUT2D eigenvalue weighted by molar-refractivity contribution is 6.01. The summed E-state index contributed by atoms with van der Waals surface area (Å²) in [6, 6.07) is 4.10. The number of hydrogen-bond acceptors (Lipinski definition) is 3. The Labute approximate surface area is 97.0 Å². The minimum atomic E-state index is -1.46. The number of ketones is 1. The number of carboxylic acid groups (broad SMARTS) is 1. The molecule has 0 bridgehead atoms. The molecular formula is C12H11FO4. The number of carbonyl (C=O) groups is 2. The van der Waals surface area contributed by atoms with Crippen LogP contribution in [-0.2, 0) is 15.0 Å². The van der Waals surface area contributed by atoms with Gasteiger partial charge in [0.2, 0.25) is 0 Å². The summed E-state index contributed by atoms with van der Waals surface area (Å²) < 4.78 is 18.8. The number of aliphatic carboxylic acids is 1. The fraction of sp³-hybridized carbons (Fsp3) is 0.333. The number of Topliss-reactive ketones (excluding diaryl/α,β-unsaturated/α-hetero) is 1. The fourth-order valence-corrected chi connectivity index (χ4v) is 2.20. The number of halogens is 1. The zero-order valence-electron chi connectivity index (χ0n) is 9.20. The molecule has 0 atom stereocenters. The highest BCUT2D eigenvalue weighted by Gasteiger charge is 2.54. The molecule has 1 N–H and O–H groups in total. The average molecular weight is 238 g/mol. The summed E-state index contributed by atoms with van der Waals surface area (Å²) >= 11 is 0. The third kappa shape index (κ3) is 1.58. The number of hydrogen-bond donors (Lipinski definition) is 1. The zero-order chi connectivity index (χ0) is 12.6. The van der Waals surface area contributed by atoms with Gasteiger partial charge in [-0.3, -0.25) is 9.59 Å². The van der Waals surface area contributed by atoms with E-state index in [1.54, 1.807) is 0 Å². The van der Waals surface area contributed by atoms with Crippen LogP contribution >= 0.6 is 0 Å². The van der Waals surface area contributed by atoms with E-state index >= 15 is 0 Å².